The van der Waals surface area contributed by atoms with Crippen LogP contribution >= 0.6 is 11.6 Å². The van der Waals surface area contributed by atoms with Gasteiger partial charge in [0.25, 0.3) is 5.91 Å². The summed E-state index contributed by atoms with van der Waals surface area (Å²) in [4.78, 5) is 12.0. The molecule has 1 unspecified atom stereocenters. The number of benzene rings is 2. The maximum Gasteiger partial charge on any atom is 0.251 e. The molecule has 0 aromatic heterocycles. The van der Waals surface area contributed by atoms with Gasteiger partial charge in [-0.05, 0) is 29.8 Å². The molecule has 2 aromatic carbocycles. The Morgan fingerprint density at radius 3 is 2.55 bits per heavy atom. The number of halogens is 2. The summed E-state index contributed by atoms with van der Waals surface area (Å²) in [5, 5.41) is 12.0. The Labute approximate surface area is 121 Å². The van der Waals surface area contributed by atoms with E-state index in [4.69, 9.17) is 11.6 Å². The molecular formula is C15H13ClFNO2. The lowest BCUT2D eigenvalue weighted by molar-refractivity contribution is 0.0916. The van der Waals surface area contributed by atoms with Crippen molar-refractivity contribution in [2.75, 3.05) is 6.61 Å². The number of amides is 1. The van der Waals surface area contributed by atoms with E-state index in [9.17, 15) is 14.3 Å². The predicted octanol–water partition coefficient (Wildman–Crippen LogP) is 2.94. The van der Waals surface area contributed by atoms with Crippen LogP contribution in [0, 0.1) is 5.82 Å². The Morgan fingerprint density at radius 2 is 1.95 bits per heavy atom. The van der Waals surface area contributed by atoms with Crippen LogP contribution in [-0.4, -0.2) is 17.6 Å². The molecule has 0 saturated carbocycles. The number of carbonyl (C=O) groups is 1. The van der Waals surface area contributed by atoms with E-state index in [0.717, 1.165) is 0 Å². The van der Waals surface area contributed by atoms with Crippen LogP contribution in [0.5, 0.6) is 0 Å². The number of carbonyl (C=O) groups excluding carboxylic acids is 1. The highest BCUT2D eigenvalue weighted by Crippen LogP contribution is 2.20. The number of hydrogen-bond donors (Lipinski definition) is 2. The third-order valence-electron chi connectivity index (χ3n) is 2.87. The Bertz CT molecular complexity index is 604. The standard InChI is InChI=1S/C15H13ClFNO2/c16-12-7-6-11(8-13(12)17)14(9-19)18-15(20)10-4-2-1-3-5-10/h1-8,14,19H,9H2,(H,18,20). The van der Waals surface area contributed by atoms with Crippen LogP contribution in [0.25, 0.3) is 0 Å². The van der Waals surface area contributed by atoms with E-state index in [2.05, 4.69) is 5.32 Å². The zero-order valence-corrected chi connectivity index (χ0v) is 11.3. The number of hydrogen-bond acceptors (Lipinski definition) is 2. The minimum absolute atomic E-state index is 0.000161. The summed E-state index contributed by atoms with van der Waals surface area (Å²) in [6.45, 7) is -0.334. The van der Waals surface area contributed by atoms with E-state index in [1.807, 2.05) is 0 Å². The average Bonchev–Trinajstić information content (AvgIpc) is 2.48. The summed E-state index contributed by atoms with van der Waals surface area (Å²) in [6.07, 6.45) is 0. The molecule has 0 aliphatic rings. The molecule has 0 spiro atoms. The molecule has 0 heterocycles. The van der Waals surface area contributed by atoms with Crippen LogP contribution in [0.1, 0.15) is 22.0 Å². The number of aliphatic hydroxyl groups excluding tert-OH is 1. The van der Waals surface area contributed by atoms with E-state index in [0.29, 0.717) is 11.1 Å². The van der Waals surface area contributed by atoms with Crippen molar-refractivity contribution in [3.8, 4) is 0 Å². The minimum atomic E-state index is -0.686. The Balaban J connectivity index is 2.16. The van der Waals surface area contributed by atoms with Crippen molar-refractivity contribution in [2.45, 2.75) is 6.04 Å². The molecule has 0 saturated heterocycles. The molecule has 1 atom stereocenters. The van der Waals surface area contributed by atoms with Gasteiger partial charge in [-0.2, -0.15) is 0 Å². The van der Waals surface area contributed by atoms with Gasteiger partial charge in [-0.1, -0.05) is 35.9 Å². The van der Waals surface area contributed by atoms with E-state index >= 15 is 0 Å². The fourth-order valence-electron chi connectivity index (χ4n) is 1.79. The first kappa shape index (κ1) is 14.5. The first-order chi connectivity index (χ1) is 9.61. The smallest absolute Gasteiger partial charge is 0.251 e. The van der Waals surface area contributed by atoms with Crippen molar-refractivity contribution >= 4 is 17.5 Å². The highest BCUT2D eigenvalue weighted by molar-refractivity contribution is 6.30. The van der Waals surface area contributed by atoms with Gasteiger partial charge in [0.15, 0.2) is 0 Å². The molecule has 2 aromatic rings. The monoisotopic (exact) mass is 293 g/mol. The second-order valence-corrected chi connectivity index (χ2v) is 4.66. The summed E-state index contributed by atoms with van der Waals surface area (Å²) < 4.78 is 13.4. The van der Waals surface area contributed by atoms with E-state index in [1.54, 1.807) is 36.4 Å². The summed E-state index contributed by atoms with van der Waals surface area (Å²) in [6, 6.07) is 12.1. The second-order valence-electron chi connectivity index (χ2n) is 4.25. The highest BCUT2D eigenvalue weighted by atomic mass is 35.5. The molecule has 3 nitrogen and oxygen atoms in total. The van der Waals surface area contributed by atoms with Crippen molar-refractivity contribution in [1.29, 1.82) is 0 Å². The van der Waals surface area contributed by atoms with Gasteiger partial charge in [0.2, 0.25) is 0 Å². The molecule has 0 aliphatic heterocycles. The predicted molar refractivity (Wildman–Crippen MR) is 75.1 cm³/mol. The van der Waals surface area contributed by atoms with Crippen molar-refractivity contribution in [1.82, 2.24) is 5.32 Å². The van der Waals surface area contributed by atoms with Gasteiger partial charge in [0, 0.05) is 5.56 Å². The van der Waals surface area contributed by atoms with Crippen LogP contribution in [0.3, 0.4) is 0 Å². The Morgan fingerprint density at radius 1 is 1.25 bits per heavy atom. The van der Waals surface area contributed by atoms with Gasteiger partial charge >= 0.3 is 0 Å². The van der Waals surface area contributed by atoms with Crippen LogP contribution in [-0.2, 0) is 0 Å². The van der Waals surface area contributed by atoms with Crippen LogP contribution in [0.4, 0.5) is 4.39 Å². The van der Waals surface area contributed by atoms with Crippen molar-refractivity contribution in [3.63, 3.8) is 0 Å². The maximum atomic E-state index is 13.4. The van der Waals surface area contributed by atoms with E-state index in [1.165, 1.54) is 12.1 Å². The molecule has 0 bridgehead atoms. The molecule has 0 radical (unpaired) electrons. The van der Waals surface area contributed by atoms with Gasteiger partial charge in [-0.3, -0.25) is 4.79 Å². The van der Waals surface area contributed by atoms with Gasteiger partial charge in [0.1, 0.15) is 5.82 Å². The zero-order chi connectivity index (χ0) is 14.5. The molecule has 0 aliphatic carbocycles. The van der Waals surface area contributed by atoms with Crippen LogP contribution in [0.15, 0.2) is 48.5 Å². The third kappa shape index (κ3) is 3.35. The molecule has 2 rings (SSSR count). The van der Waals surface area contributed by atoms with Crippen molar-refractivity contribution < 1.29 is 14.3 Å². The zero-order valence-electron chi connectivity index (χ0n) is 10.5. The first-order valence-corrected chi connectivity index (χ1v) is 6.41. The summed E-state index contributed by atoms with van der Waals surface area (Å²) in [7, 11) is 0. The van der Waals surface area contributed by atoms with Crippen molar-refractivity contribution in [2.24, 2.45) is 0 Å². The van der Waals surface area contributed by atoms with Crippen LogP contribution < -0.4 is 5.32 Å². The maximum absolute atomic E-state index is 13.4. The first-order valence-electron chi connectivity index (χ1n) is 6.03. The lowest BCUT2D eigenvalue weighted by atomic mass is 10.1. The minimum Gasteiger partial charge on any atom is -0.394 e. The van der Waals surface area contributed by atoms with Crippen molar-refractivity contribution in [3.05, 3.63) is 70.5 Å². The largest absolute Gasteiger partial charge is 0.394 e. The number of nitrogens with one attached hydrogen (secondary N) is 1. The third-order valence-corrected chi connectivity index (χ3v) is 3.18. The highest BCUT2D eigenvalue weighted by Gasteiger charge is 2.16. The molecule has 5 heteroatoms. The summed E-state index contributed by atoms with van der Waals surface area (Å²) >= 11 is 5.61. The quantitative estimate of drug-likeness (QED) is 0.910. The fourth-order valence-corrected chi connectivity index (χ4v) is 1.91. The molecular weight excluding hydrogens is 281 g/mol. The topological polar surface area (TPSA) is 49.3 Å². The molecule has 20 heavy (non-hydrogen) atoms. The van der Waals surface area contributed by atoms with E-state index < -0.39 is 11.9 Å². The Hall–Kier alpha value is -1.91. The van der Waals surface area contributed by atoms with E-state index in [-0.39, 0.29) is 17.5 Å². The van der Waals surface area contributed by atoms with Gasteiger partial charge in [-0.15, -0.1) is 0 Å². The van der Waals surface area contributed by atoms with Gasteiger partial charge < -0.3 is 10.4 Å². The summed E-state index contributed by atoms with van der Waals surface area (Å²) in [5.74, 6) is -0.920. The molecule has 0 fully saturated rings. The van der Waals surface area contributed by atoms with Crippen LogP contribution in [0.2, 0.25) is 5.02 Å². The average molecular weight is 294 g/mol. The number of aliphatic hydroxyl groups is 1. The molecule has 1 amide bonds. The Kier molecular flexibility index (Phi) is 4.71. The lowest BCUT2D eigenvalue weighted by Gasteiger charge is -2.17. The van der Waals surface area contributed by atoms with Gasteiger partial charge in [-0.25, -0.2) is 4.39 Å². The summed E-state index contributed by atoms with van der Waals surface area (Å²) in [5.41, 5.74) is 0.930. The fraction of sp³-hybridized carbons (Fsp3) is 0.133. The number of rotatable bonds is 4. The second kappa shape index (κ2) is 6.50. The lowest BCUT2D eigenvalue weighted by Crippen LogP contribution is -2.30. The van der Waals surface area contributed by atoms with Gasteiger partial charge in [0.05, 0.1) is 17.7 Å². The normalized spacial score (nSPS) is 11.9. The SMILES string of the molecule is O=C(NC(CO)c1ccc(Cl)c(F)c1)c1ccccc1. The molecule has 104 valence electrons. The molecule has 2 N–H and O–H groups in total.